The molecule has 0 saturated heterocycles. The predicted molar refractivity (Wildman–Crippen MR) is 158 cm³/mol. The van der Waals surface area contributed by atoms with Crippen LogP contribution in [0.4, 0.5) is 0 Å². The van der Waals surface area contributed by atoms with Crippen LogP contribution in [0, 0.1) is 0 Å². The van der Waals surface area contributed by atoms with E-state index in [2.05, 4.69) is 50.4 Å². The summed E-state index contributed by atoms with van der Waals surface area (Å²) < 4.78 is 0. The Balaban J connectivity index is 1.88. The van der Waals surface area contributed by atoms with Crippen LogP contribution >= 0.6 is 23.2 Å². The average molecular weight is 554 g/mol. The standard InChI is InChI=1S/C32H38Cl2N2O2/c1-5-19-35-31(38)29(21-24-9-7-6-8-10-24)36(22-25-13-17-27(33)28(34)20-25)30(37)18-14-23-11-15-26(16-12-23)32(2,3)4/h6-13,15-17,20,29H,5,14,18-19,21-22H2,1-4H3,(H,35,38)/t29-/m1/s1. The summed E-state index contributed by atoms with van der Waals surface area (Å²) in [6.07, 6.45) is 2.12. The second kappa shape index (κ2) is 13.8. The van der Waals surface area contributed by atoms with E-state index in [4.69, 9.17) is 23.2 Å². The van der Waals surface area contributed by atoms with Gasteiger partial charge in [-0.25, -0.2) is 0 Å². The van der Waals surface area contributed by atoms with Crippen LogP contribution in [-0.2, 0) is 34.4 Å². The first-order chi connectivity index (χ1) is 18.1. The highest BCUT2D eigenvalue weighted by Crippen LogP contribution is 2.25. The molecule has 0 radical (unpaired) electrons. The van der Waals surface area contributed by atoms with Gasteiger partial charge in [0.2, 0.25) is 11.8 Å². The van der Waals surface area contributed by atoms with Gasteiger partial charge in [0.1, 0.15) is 6.04 Å². The quantitative estimate of drug-likeness (QED) is 0.269. The van der Waals surface area contributed by atoms with Gasteiger partial charge in [-0.05, 0) is 52.6 Å². The predicted octanol–water partition coefficient (Wildman–Crippen LogP) is 7.39. The molecule has 38 heavy (non-hydrogen) atoms. The highest BCUT2D eigenvalue weighted by Gasteiger charge is 2.30. The van der Waals surface area contributed by atoms with Gasteiger partial charge in [0.05, 0.1) is 10.0 Å². The third-order valence-corrected chi connectivity index (χ3v) is 7.34. The summed E-state index contributed by atoms with van der Waals surface area (Å²) in [5.74, 6) is -0.234. The minimum Gasteiger partial charge on any atom is -0.354 e. The van der Waals surface area contributed by atoms with Crippen LogP contribution in [0.3, 0.4) is 0 Å². The van der Waals surface area contributed by atoms with E-state index >= 15 is 0 Å². The number of carbonyl (C=O) groups excluding carboxylic acids is 2. The Bertz CT molecular complexity index is 1200. The van der Waals surface area contributed by atoms with Crippen LogP contribution < -0.4 is 5.32 Å². The minimum atomic E-state index is -0.658. The van der Waals surface area contributed by atoms with E-state index in [9.17, 15) is 9.59 Å². The first-order valence-electron chi connectivity index (χ1n) is 13.2. The zero-order valence-corrected chi connectivity index (χ0v) is 24.3. The molecule has 0 aliphatic carbocycles. The summed E-state index contributed by atoms with van der Waals surface area (Å²) in [6.45, 7) is 9.37. The molecule has 6 heteroatoms. The second-order valence-corrected chi connectivity index (χ2v) is 11.5. The number of nitrogens with one attached hydrogen (secondary N) is 1. The number of halogens is 2. The summed E-state index contributed by atoms with van der Waals surface area (Å²) >= 11 is 12.4. The summed E-state index contributed by atoms with van der Waals surface area (Å²) in [5, 5.41) is 3.88. The van der Waals surface area contributed by atoms with E-state index < -0.39 is 6.04 Å². The number of nitrogens with zero attached hydrogens (tertiary/aromatic N) is 1. The minimum absolute atomic E-state index is 0.0709. The number of hydrogen-bond acceptors (Lipinski definition) is 2. The zero-order valence-electron chi connectivity index (χ0n) is 22.8. The van der Waals surface area contributed by atoms with E-state index in [0.29, 0.717) is 35.9 Å². The molecule has 4 nitrogen and oxygen atoms in total. The second-order valence-electron chi connectivity index (χ2n) is 10.7. The lowest BCUT2D eigenvalue weighted by Crippen LogP contribution is -2.50. The molecule has 2 amide bonds. The Kier molecular flexibility index (Phi) is 10.8. The van der Waals surface area contributed by atoms with Gasteiger partial charge < -0.3 is 10.2 Å². The lowest BCUT2D eigenvalue weighted by Gasteiger charge is -2.32. The molecular weight excluding hydrogens is 515 g/mol. The van der Waals surface area contributed by atoms with Crippen molar-refractivity contribution in [2.45, 2.75) is 71.4 Å². The Morgan fingerprint density at radius 2 is 1.53 bits per heavy atom. The van der Waals surface area contributed by atoms with E-state index in [-0.39, 0.29) is 23.8 Å². The van der Waals surface area contributed by atoms with Crippen molar-refractivity contribution < 1.29 is 9.59 Å². The number of amides is 2. The van der Waals surface area contributed by atoms with Crippen molar-refractivity contribution in [3.63, 3.8) is 0 Å². The third-order valence-electron chi connectivity index (χ3n) is 6.60. The third kappa shape index (κ3) is 8.61. The summed E-state index contributed by atoms with van der Waals surface area (Å²) in [4.78, 5) is 28.9. The van der Waals surface area contributed by atoms with E-state index in [0.717, 1.165) is 23.1 Å². The Morgan fingerprint density at radius 1 is 0.868 bits per heavy atom. The molecule has 3 rings (SSSR count). The van der Waals surface area contributed by atoms with Gasteiger partial charge in [0.25, 0.3) is 0 Å². The van der Waals surface area contributed by atoms with Crippen molar-refractivity contribution in [1.29, 1.82) is 0 Å². The number of rotatable bonds is 11. The summed E-state index contributed by atoms with van der Waals surface area (Å²) in [6, 6.07) is 22.9. The number of carbonyl (C=O) groups is 2. The van der Waals surface area contributed by atoms with Crippen molar-refractivity contribution in [3.05, 3.63) is 105 Å². The molecular formula is C32H38Cl2N2O2. The molecule has 0 spiro atoms. The van der Waals surface area contributed by atoms with Gasteiger partial charge in [-0.1, -0.05) is 112 Å². The van der Waals surface area contributed by atoms with Gasteiger partial charge in [-0.2, -0.15) is 0 Å². The van der Waals surface area contributed by atoms with Crippen molar-refractivity contribution >= 4 is 35.0 Å². The fraction of sp³-hybridized carbons (Fsp3) is 0.375. The molecule has 3 aromatic carbocycles. The highest BCUT2D eigenvalue weighted by molar-refractivity contribution is 6.42. The fourth-order valence-corrected chi connectivity index (χ4v) is 4.64. The Labute approximate surface area is 237 Å². The summed E-state index contributed by atoms with van der Waals surface area (Å²) in [5.41, 5.74) is 4.24. The lowest BCUT2D eigenvalue weighted by molar-refractivity contribution is -0.141. The van der Waals surface area contributed by atoms with Crippen LogP contribution in [0.25, 0.3) is 0 Å². The molecule has 1 atom stereocenters. The molecule has 3 aromatic rings. The number of benzene rings is 3. The fourth-order valence-electron chi connectivity index (χ4n) is 4.32. The van der Waals surface area contributed by atoms with Crippen LogP contribution in [0.15, 0.2) is 72.8 Å². The van der Waals surface area contributed by atoms with Gasteiger partial charge >= 0.3 is 0 Å². The van der Waals surface area contributed by atoms with Gasteiger partial charge in [-0.3, -0.25) is 9.59 Å². The van der Waals surface area contributed by atoms with Gasteiger partial charge in [0.15, 0.2) is 0 Å². The smallest absolute Gasteiger partial charge is 0.243 e. The van der Waals surface area contributed by atoms with E-state index in [1.165, 1.54) is 5.56 Å². The molecule has 0 aliphatic heterocycles. The van der Waals surface area contributed by atoms with E-state index in [1.807, 2.05) is 43.3 Å². The molecule has 0 aromatic heterocycles. The normalized spacial score (nSPS) is 12.2. The number of aryl methyl sites for hydroxylation is 1. The van der Waals surface area contributed by atoms with Crippen molar-refractivity contribution in [3.8, 4) is 0 Å². The molecule has 202 valence electrons. The molecule has 0 fully saturated rings. The topological polar surface area (TPSA) is 49.4 Å². The van der Waals surface area contributed by atoms with Gasteiger partial charge in [-0.15, -0.1) is 0 Å². The Hall–Kier alpha value is -2.82. The summed E-state index contributed by atoms with van der Waals surface area (Å²) in [7, 11) is 0. The molecule has 0 unspecified atom stereocenters. The molecule has 0 aliphatic rings. The van der Waals surface area contributed by atoms with Crippen molar-refractivity contribution in [2.75, 3.05) is 6.54 Å². The first kappa shape index (κ1) is 29.7. The zero-order chi connectivity index (χ0) is 27.7. The largest absolute Gasteiger partial charge is 0.354 e. The maximum atomic E-state index is 13.8. The molecule has 1 N–H and O–H groups in total. The molecule has 0 saturated carbocycles. The van der Waals surface area contributed by atoms with Gasteiger partial charge in [0, 0.05) is 25.9 Å². The maximum absolute atomic E-state index is 13.8. The van der Waals surface area contributed by atoms with Crippen LogP contribution in [-0.4, -0.2) is 29.3 Å². The average Bonchev–Trinajstić information content (AvgIpc) is 2.90. The number of hydrogen-bond donors (Lipinski definition) is 1. The highest BCUT2D eigenvalue weighted by atomic mass is 35.5. The first-order valence-corrected chi connectivity index (χ1v) is 14.0. The van der Waals surface area contributed by atoms with Crippen molar-refractivity contribution in [2.24, 2.45) is 0 Å². The SMILES string of the molecule is CCCNC(=O)[C@@H](Cc1ccccc1)N(Cc1ccc(Cl)c(Cl)c1)C(=O)CCc1ccc(C(C)(C)C)cc1. The monoisotopic (exact) mass is 552 g/mol. The van der Waals surface area contributed by atoms with Crippen LogP contribution in [0.5, 0.6) is 0 Å². The van der Waals surface area contributed by atoms with Crippen LogP contribution in [0.1, 0.15) is 62.8 Å². The van der Waals surface area contributed by atoms with Crippen LogP contribution in [0.2, 0.25) is 10.0 Å². The lowest BCUT2D eigenvalue weighted by atomic mass is 9.86. The maximum Gasteiger partial charge on any atom is 0.243 e. The molecule has 0 heterocycles. The molecule has 0 bridgehead atoms. The van der Waals surface area contributed by atoms with Crippen molar-refractivity contribution in [1.82, 2.24) is 10.2 Å². The Morgan fingerprint density at radius 3 is 2.13 bits per heavy atom. The van der Waals surface area contributed by atoms with E-state index in [1.54, 1.807) is 17.0 Å².